The lowest BCUT2D eigenvalue weighted by Gasteiger charge is -2.13. The minimum atomic E-state index is -0.315. The summed E-state index contributed by atoms with van der Waals surface area (Å²) in [4.78, 5) is 19.3. The molecule has 0 aliphatic carbocycles. The molecule has 0 amide bonds. The molecule has 0 N–H and O–H groups in total. The quantitative estimate of drug-likeness (QED) is 0.351. The van der Waals surface area contributed by atoms with E-state index in [0.29, 0.717) is 17.6 Å². The fraction of sp³-hybridized carbons (Fsp3) is 0.0769. The van der Waals surface area contributed by atoms with Gasteiger partial charge in [-0.25, -0.2) is 9.37 Å². The molecular weight excluding hydrogens is 407 g/mol. The van der Waals surface area contributed by atoms with E-state index in [-0.39, 0.29) is 17.9 Å². The lowest BCUT2D eigenvalue weighted by atomic mass is 10.1. The average molecular weight is 427 g/mol. The molecule has 0 saturated carbocycles. The highest BCUT2D eigenvalue weighted by molar-refractivity contribution is 7.17. The Kier molecular flexibility index (Phi) is 5.18. The van der Waals surface area contributed by atoms with Crippen LogP contribution >= 0.6 is 11.3 Å². The van der Waals surface area contributed by atoms with E-state index in [1.165, 1.54) is 23.5 Å². The van der Waals surface area contributed by atoms with Crippen LogP contribution in [-0.2, 0) is 13.0 Å². The zero-order valence-corrected chi connectivity index (χ0v) is 17.5. The van der Waals surface area contributed by atoms with E-state index in [0.717, 1.165) is 27.1 Å². The van der Waals surface area contributed by atoms with Crippen molar-refractivity contribution in [3.05, 3.63) is 123 Å². The molecule has 0 aliphatic rings. The van der Waals surface area contributed by atoms with Crippen molar-refractivity contribution in [1.29, 1.82) is 0 Å². The Hall–Kier alpha value is -3.57. The summed E-state index contributed by atoms with van der Waals surface area (Å²) in [5.74, 6) is 0.360. The third-order valence-electron chi connectivity index (χ3n) is 5.29. The number of rotatable bonds is 5. The Morgan fingerprint density at radius 2 is 1.58 bits per heavy atom. The first-order chi connectivity index (χ1) is 15.2. The van der Waals surface area contributed by atoms with Gasteiger partial charge >= 0.3 is 0 Å². The third kappa shape index (κ3) is 3.92. The standard InChI is InChI=1S/C26H19FN2OS/c27-21-13-7-10-19(14-21)16-29-23(15-18-8-3-1-4-9-18)28-25-24(26(29)30)22(17-31-25)20-11-5-2-6-12-20/h1-14,17H,15-16H2. The molecule has 0 saturated heterocycles. The van der Waals surface area contributed by atoms with Crippen LogP contribution in [0.15, 0.2) is 95.1 Å². The van der Waals surface area contributed by atoms with Crippen molar-refractivity contribution in [3.8, 4) is 11.1 Å². The van der Waals surface area contributed by atoms with Crippen molar-refractivity contribution in [1.82, 2.24) is 9.55 Å². The average Bonchev–Trinajstić information content (AvgIpc) is 3.22. The molecule has 0 atom stereocenters. The first-order valence-electron chi connectivity index (χ1n) is 10.0. The van der Waals surface area contributed by atoms with Crippen molar-refractivity contribution in [3.63, 3.8) is 0 Å². The van der Waals surface area contributed by atoms with Gasteiger partial charge in [-0.15, -0.1) is 11.3 Å². The Morgan fingerprint density at radius 3 is 2.32 bits per heavy atom. The van der Waals surface area contributed by atoms with Gasteiger partial charge in [-0.3, -0.25) is 9.36 Å². The minimum Gasteiger partial charge on any atom is -0.291 e. The van der Waals surface area contributed by atoms with E-state index >= 15 is 0 Å². The Bertz CT molecular complexity index is 1410. The molecule has 3 aromatic carbocycles. The van der Waals surface area contributed by atoms with Crippen molar-refractivity contribution >= 4 is 21.6 Å². The number of thiophene rings is 1. The maximum atomic E-state index is 13.8. The van der Waals surface area contributed by atoms with E-state index in [1.54, 1.807) is 10.6 Å². The van der Waals surface area contributed by atoms with Crippen LogP contribution in [0.3, 0.4) is 0 Å². The van der Waals surface area contributed by atoms with Gasteiger partial charge in [0.05, 0.1) is 11.9 Å². The van der Waals surface area contributed by atoms with Gasteiger partial charge in [0, 0.05) is 17.4 Å². The second-order valence-electron chi connectivity index (χ2n) is 7.41. The van der Waals surface area contributed by atoms with Gasteiger partial charge in [0.2, 0.25) is 0 Å². The molecule has 31 heavy (non-hydrogen) atoms. The second-order valence-corrected chi connectivity index (χ2v) is 8.27. The predicted molar refractivity (Wildman–Crippen MR) is 124 cm³/mol. The number of nitrogens with zero attached hydrogens (tertiary/aromatic N) is 2. The fourth-order valence-corrected chi connectivity index (χ4v) is 4.75. The molecule has 0 fully saturated rings. The van der Waals surface area contributed by atoms with E-state index in [1.807, 2.05) is 72.1 Å². The first-order valence-corrected chi connectivity index (χ1v) is 10.9. The lowest BCUT2D eigenvalue weighted by Crippen LogP contribution is -2.26. The van der Waals surface area contributed by atoms with Gasteiger partial charge in [-0.2, -0.15) is 0 Å². The molecule has 5 rings (SSSR count). The fourth-order valence-electron chi connectivity index (χ4n) is 3.79. The van der Waals surface area contributed by atoms with Gasteiger partial charge in [0.1, 0.15) is 16.5 Å². The molecule has 5 aromatic rings. The summed E-state index contributed by atoms with van der Waals surface area (Å²) in [5.41, 5.74) is 3.58. The molecule has 152 valence electrons. The van der Waals surface area contributed by atoms with Gasteiger partial charge in [0.25, 0.3) is 5.56 Å². The van der Waals surface area contributed by atoms with E-state index in [9.17, 15) is 9.18 Å². The zero-order valence-electron chi connectivity index (χ0n) is 16.7. The van der Waals surface area contributed by atoms with Crippen molar-refractivity contribution < 1.29 is 4.39 Å². The summed E-state index contributed by atoms with van der Waals surface area (Å²) in [5, 5.41) is 2.61. The number of benzene rings is 3. The number of hydrogen-bond donors (Lipinski definition) is 0. The minimum absolute atomic E-state index is 0.0969. The van der Waals surface area contributed by atoms with Crippen LogP contribution in [-0.4, -0.2) is 9.55 Å². The Morgan fingerprint density at radius 1 is 0.871 bits per heavy atom. The summed E-state index contributed by atoms with van der Waals surface area (Å²) < 4.78 is 15.5. The molecule has 0 aliphatic heterocycles. The second kappa shape index (κ2) is 8.28. The van der Waals surface area contributed by atoms with E-state index in [2.05, 4.69) is 0 Å². The number of aromatic nitrogens is 2. The zero-order chi connectivity index (χ0) is 21.2. The molecule has 2 aromatic heterocycles. The van der Waals surface area contributed by atoms with Crippen LogP contribution in [0.25, 0.3) is 21.3 Å². The lowest BCUT2D eigenvalue weighted by molar-refractivity contribution is 0.620. The normalized spacial score (nSPS) is 11.1. The topological polar surface area (TPSA) is 34.9 Å². The van der Waals surface area contributed by atoms with Crippen LogP contribution in [0, 0.1) is 5.82 Å². The van der Waals surface area contributed by atoms with Crippen LogP contribution in [0.1, 0.15) is 17.0 Å². The van der Waals surface area contributed by atoms with Crippen LogP contribution in [0.4, 0.5) is 4.39 Å². The van der Waals surface area contributed by atoms with Crippen molar-refractivity contribution in [2.45, 2.75) is 13.0 Å². The van der Waals surface area contributed by atoms with Crippen LogP contribution in [0.5, 0.6) is 0 Å². The molecule has 2 heterocycles. The van der Waals surface area contributed by atoms with Crippen molar-refractivity contribution in [2.75, 3.05) is 0 Å². The van der Waals surface area contributed by atoms with Crippen LogP contribution < -0.4 is 5.56 Å². The highest BCUT2D eigenvalue weighted by Crippen LogP contribution is 2.31. The third-order valence-corrected chi connectivity index (χ3v) is 6.16. The monoisotopic (exact) mass is 426 g/mol. The SMILES string of the molecule is O=c1c2c(-c3ccccc3)csc2nc(Cc2ccccc2)n1Cc1cccc(F)c1. The van der Waals surface area contributed by atoms with Gasteiger partial charge < -0.3 is 0 Å². The summed E-state index contributed by atoms with van der Waals surface area (Å²) in [7, 11) is 0. The molecule has 0 spiro atoms. The smallest absolute Gasteiger partial charge is 0.263 e. The highest BCUT2D eigenvalue weighted by Gasteiger charge is 2.17. The number of halogens is 1. The van der Waals surface area contributed by atoms with Gasteiger partial charge in [-0.1, -0.05) is 72.8 Å². The summed E-state index contributed by atoms with van der Waals surface area (Å²) in [6.45, 7) is 0.270. The molecule has 3 nitrogen and oxygen atoms in total. The van der Waals surface area contributed by atoms with E-state index < -0.39 is 0 Å². The maximum Gasteiger partial charge on any atom is 0.263 e. The first kappa shape index (κ1) is 19.4. The van der Waals surface area contributed by atoms with Crippen molar-refractivity contribution in [2.24, 2.45) is 0 Å². The Labute approximate surface area is 183 Å². The Balaban J connectivity index is 1.70. The maximum absolute atomic E-state index is 13.8. The molecule has 0 unspecified atom stereocenters. The van der Waals surface area contributed by atoms with Crippen LogP contribution in [0.2, 0.25) is 0 Å². The number of fused-ring (bicyclic) bond motifs is 1. The molecule has 5 heteroatoms. The summed E-state index contributed by atoms with van der Waals surface area (Å²) >= 11 is 1.48. The summed E-state index contributed by atoms with van der Waals surface area (Å²) in [6.07, 6.45) is 0.528. The molecular formula is C26H19FN2OS. The van der Waals surface area contributed by atoms with E-state index in [4.69, 9.17) is 4.98 Å². The highest BCUT2D eigenvalue weighted by atomic mass is 32.1. The number of hydrogen-bond acceptors (Lipinski definition) is 3. The summed E-state index contributed by atoms with van der Waals surface area (Å²) in [6, 6.07) is 26.2. The molecule has 0 bridgehead atoms. The van der Waals surface area contributed by atoms with Gasteiger partial charge in [0.15, 0.2) is 0 Å². The largest absolute Gasteiger partial charge is 0.291 e. The molecule has 0 radical (unpaired) electrons. The predicted octanol–water partition coefficient (Wildman–Crippen LogP) is 5.90. The van der Waals surface area contributed by atoms with Gasteiger partial charge in [-0.05, 0) is 28.8 Å².